The van der Waals surface area contributed by atoms with Crippen LogP contribution in [0.15, 0.2) is 18.2 Å². The Balaban J connectivity index is 1.76. The van der Waals surface area contributed by atoms with Gasteiger partial charge in [0.05, 0.1) is 0 Å². The summed E-state index contributed by atoms with van der Waals surface area (Å²) in [5.41, 5.74) is 7.96. The van der Waals surface area contributed by atoms with E-state index in [1.807, 2.05) is 6.92 Å². The number of amides is 1. The van der Waals surface area contributed by atoms with Gasteiger partial charge in [-0.3, -0.25) is 4.79 Å². The predicted molar refractivity (Wildman–Crippen MR) is 82.5 cm³/mol. The van der Waals surface area contributed by atoms with Crippen molar-refractivity contribution in [1.29, 1.82) is 0 Å². The van der Waals surface area contributed by atoms with E-state index in [-0.39, 0.29) is 17.3 Å². The van der Waals surface area contributed by atoms with Crippen molar-refractivity contribution in [1.82, 2.24) is 5.32 Å². The van der Waals surface area contributed by atoms with Gasteiger partial charge < -0.3 is 11.1 Å². The smallest absolute Gasteiger partial charge is 0.221 e. The molecule has 0 atom stereocenters. The Hall–Kier alpha value is -1.42. The van der Waals surface area contributed by atoms with Crippen molar-refractivity contribution in [2.45, 2.75) is 57.4 Å². The molecule has 3 N–H and O–H groups in total. The Kier molecular flexibility index (Phi) is 5.34. The van der Waals surface area contributed by atoms with Gasteiger partial charge in [-0.05, 0) is 49.4 Å². The fourth-order valence-corrected chi connectivity index (χ4v) is 3.09. The molecule has 0 radical (unpaired) electrons. The van der Waals surface area contributed by atoms with Gasteiger partial charge in [0, 0.05) is 18.5 Å². The highest BCUT2D eigenvalue weighted by Crippen LogP contribution is 2.28. The summed E-state index contributed by atoms with van der Waals surface area (Å²) in [5, 5.41) is 2.93. The largest absolute Gasteiger partial charge is 0.356 e. The van der Waals surface area contributed by atoms with Crippen LogP contribution in [0.2, 0.25) is 0 Å². The molecule has 1 aromatic carbocycles. The van der Waals surface area contributed by atoms with Crippen LogP contribution in [0.25, 0.3) is 0 Å². The van der Waals surface area contributed by atoms with Crippen molar-refractivity contribution in [3.63, 3.8) is 0 Å². The molecule has 0 bridgehead atoms. The minimum Gasteiger partial charge on any atom is -0.356 e. The van der Waals surface area contributed by atoms with Gasteiger partial charge in [0.1, 0.15) is 5.82 Å². The van der Waals surface area contributed by atoms with Crippen molar-refractivity contribution in [2.75, 3.05) is 6.54 Å². The highest BCUT2D eigenvalue weighted by molar-refractivity contribution is 5.77. The van der Waals surface area contributed by atoms with Crippen molar-refractivity contribution in [3.8, 4) is 0 Å². The molecule has 0 heterocycles. The molecule has 21 heavy (non-hydrogen) atoms. The van der Waals surface area contributed by atoms with Crippen molar-refractivity contribution >= 4 is 5.91 Å². The molecule has 0 spiro atoms. The number of aryl methyl sites for hydroxylation is 1. The Bertz CT molecular complexity index is 496. The third kappa shape index (κ3) is 4.81. The zero-order valence-electron chi connectivity index (χ0n) is 12.8. The number of hydrogen-bond acceptors (Lipinski definition) is 2. The van der Waals surface area contributed by atoms with Crippen molar-refractivity contribution in [3.05, 3.63) is 35.1 Å². The van der Waals surface area contributed by atoms with E-state index >= 15 is 0 Å². The molecule has 1 aliphatic rings. The molecular weight excluding hydrogens is 267 g/mol. The van der Waals surface area contributed by atoms with Crippen LogP contribution >= 0.6 is 0 Å². The Morgan fingerprint density at radius 3 is 2.71 bits per heavy atom. The summed E-state index contributed by atoms with van der Waals surface area (Å²) in [4.78, 5) is 12.0. The molecule has 116 valence electrons. The molecule has 1 fully saturated rings. The highest BCUT2D eigenvalue weighted by Gasteiger charge is 2.29. The Morgan fingerprint density at radius 2 is 2.05 bits per heavy atom. The second kappa shape index (κ2) is 7.03. The lowest BCUT2D eigenvalue weighted by atomic mass is 9.80. The van der Waals surface area contributed by atoms with Gasteiger partial charge in [-0.25, -0.2) is 4.39 Å². The van der Waals surface area contributed by atoms with E-state index in [4.69, 9.17) is 5.73 Å². The molecule has 4 heteroatoms. The molecule has 1 aromatic rings. The minimum atomic E-state index is -0.311. The lowest BCUT2D eigenvalue weighted by molar-refractivity contribution is -0.122. The van der Waals surface area contributed by atoms with Gasteiger partial charge in [0.15, 0.2) is 0 Å². The Morgan fingerprint density at radius 1 is 1.33 bits per heavy atom. The summed E-state index contributed by atoms with van der Waals surface area (Å²) >= 11 is 0. The molecule has 0 saturated heterocycles. The number of hydrogen-bond donors (Lipinski definition) is 2. The zero-order chi connectivity index (χ0) is 15.3. The zero-order valence-corrected chi connectivity index (χ0v) is 12.8. The fourth-order valence-electron chi connectivity index (χ4n) is 3.09. The molecule has 1 aliphatic carbocycles. The number of carbonyl (C=O) groups excluding carboxylic acids is 1. The normalized spacial score (nSPS) is 17.5. The monoisotopic (exact) mass is 292 g/mol. The van der Waals surface area contributed by atoms with E-state index in [0.29, 0.717) is 13.0 Å². The Labute approximate surface area is 126 Å². The summed E-state index contributed by atoms with van der Waals surface area (Å²) in [6.45, 7) is 2.46. The summed E-state index contributed by atoms with van der Waals surface area (Å²) in [5.74, 6) is -0.193. The van der Waals surface area contributed by atoms with E-state index in [1.165, 1.54) is 18.6 Å². The summed E-state index contributed by atoms with van der Waals surface area (Å²) < 4.78 is 13.0. The lowest BCUT2D eigenvalue weighted by Crippen LogP contribution is -2.46. The molecule has 2 rings (SSSR count). The highest BCUT2D eigenvalue weighted by atomic mass is 19.1. The predicted octanol–water partition coefficient (Wildman–Crippen LogP) is 2.84. The van der Waals surface area contributed by atoms with E-state index in [1.54, 1.807) is 6.07 Å². The molecule has 0 aromatic heterocycles. The number of nitrogens with one attached hydrogen (secondary N) is 1. The van der Waals surface area contributed by atoms with Crippen LogP contribution in [0.3, 0.4) is 0 Å². The molecule has 0 aliphatic heterocycles. The van der Waals surface area contributed by atoms with Crippen LogP contribution in [0.4, 0.5) is 4.39 Å². The third-order valence-electron chi connectivity index (χ3n) is 4.38. The maximum atomic E-state index is 13.0. The van der Waals surface area contributed by atoms with Crippen LogP contribution in [-0.4, -0.2) is 18.0 Å². The first kappa shape index (κ1) is 16.0. The maximum Gasteiger partial charge on any atom is 0.221 e. The average Bonchev–Trinajstić information content (AvgIpc) is 2.41. The second-order valence-corrected chi connectivity index (χ2v) is 6.27. The lowest BCUT2D eigenvalue weighted by Gasteiger charge is -2.32. The van der Waals surface area contributed by atoms with Gasteiger partial charge in [-0.1, -0.05) is 25.3 Å². The van der Waals surface area contributed by atoms with Crippen LogP contribution in [0.5, 0.6) is 0 Å². The number of rotatable bonds is 5. The molecule has 3 nitrogen and oxygen atoms in total. The van der Waals surface area contributed by atoms with Gasteiger partial charge in [0.25, 0.3) is 0 Å². The number of halogens is 1. The second-order valence-electron chi connectivity index (χ2n) is 6.27. The minimum absolute atomic E-state index is 0.0270. The molecule has 1 saturated carbocycles. The first-order valence-corrected chi connectivity index (χ1v) is 7.79. The van der Waals surface area contributed by atoms with Gasteiger partial charge in [-0.2, -0.15) is 0 Å². The van der Waals surface area contributed by atoms with Crippen LogP contribution in [0, 0.1) is 12.7 Å². The third-order valence-corrected chi connectivity index (χ3v) is 4.38. The van der Waals surface area contributed by atoms with E-state index in [0.717, 1.165) is 43.2 Å². The molecule has 1 amide bonds. The van der Waals surface area contributed by atoms with Crippen LogP contribution in [-0.2, 0) is 11.2 Å². The maximum absolute atomic E-state index is 13.0. The summed E-state index contributed by atoms with van der Waals surface area (Å²) in [6, 6.07) is 4.76. The molecule has 0 unspecified atom stereocenters. The van der Waals surface area contributed by atoms with E-state index in [2.05, 4.69) is 5.32 Å². The number of nitrogens with two attached hydrogens (primary N) is 1. The van der Waals surface area contributed by atoms with Crippen LogP contribution < -0.4 is 11.1 Å². The number of carbonyl (C=O) groups is 1. The standard InChI is InChI=1S/C17H25FN2O/c1-13-11-15(18)6-5-14(13)7-10-20-16(21)12-17(19)8-3-2-4-9-17/h5-6,11H,2-4,7-10,12,19H2,1H3,(H,20,21). The van der Waals surface area contributed by atoms with E-state index < -0.39 is 0 Å². The summed E-state index contributed by atoms with van der Waals surface area (Å²) in [7, 11) is 0. The van der Waals surface area contributed by atoms with Gasteiger partial charge in [-0.15, -0.1) is 0 Å². The van der Waals surface area contributed by atoms with Gasteiger partial charge in [0.2, 0.25) is 5.91 Å². The van der Waals surface area contributed by atoms with Gasteiger partial charge >= 0.3 is 0 Å². The van der Waals surface area contributed by atoms with Crippen molar-refractivity contribution < 1.29 is 9.18 Å². The topological polar surface area (TPSA) is 55.1 Å². The first-order valence-electron chi connectivity index (χ1n) is 7.79. The number of benzene rings is 1. The van der Waals surface area contributed by atoms with Crippen LogP contribution in [0.1, 0.15) is 49.7 Å². The fraction of sp³-hybridized carbons (Fsp3) is 0.588. The SMILES string of the molecule is Cc1cc(F)ccc1CCNC(=O)CC1(N)CCCCC1. The molecular formula is C17H25FN2O. The quantitative estimate of drug-likeness (QED) is 0.877. The first-order chi connectivity index (χ1) is 9.98. The van der Waals surface area contributed by atoms with E-state index in [9.17, 15) is 9.18 Å². The average molecular weight is 292 g/mol. The summed E-state index contributed by atoms with van der Waals surface area (Å²) in [6.07, 6.45) is 6.49. The van der Waals surface area contributed by atoms with Crippen molar-refractivity contribution in [2.24, 2.45) is 5.73 Å².